The van der Waals surface area contributed by atoms with Gasteiger partial charge < -0.3 is 14.6 Å². The molecule has 1 N–H and O–H groups in total. The van der Waals surface area contributed by atoms with Crippen LogP contribution in [0.5, 0.6) is 11.5 Å². The number of hydrogen-bond acceptors (Lipinski definition) is 5. The summed E-state index contributed by atoms with van der Waals surface area (Å²) in [5, 5.41) is 9.50. The number of ether oxygens (including phenoxy) is 2. The molecule has 19 heavy (non-hydrogen) atoms. The van der Waals surface area contributed by atoms with Crippen LogP contribution in [0.25, 0.3) is 0 Å². The lowest BCUT2D eigenvalue weighted by atomic mass is 10.1. The van der Waals surface area contributed by atoms with Crippen molar-refractivity contribution in [1.82, 2.24) is 0 Å². The predicted molar refractivity (Wildman–Crippen MR) is 69.1 cm³/mol. The van der Waals surface area contributed by atoms with Crippen LogP contribution in [0.2, 0.25) is 0 Å². The Morgan fingerprint density at radius 2 is 1.89 bits per heavy atom. The van der Waals surface area contributed by atoms with E-state index in [4.69, 9.17) is 9.47 Å². The van der Waals surface area contributed by atoms with Crippen LogP contribution in [0.4, 0.5) is 0 Å². The summed E-state index contributed by atoms with van der Waals surface area (Å²) in [5.74, 6) is -1.44. The first-order valence-electron chi connectivity index (χ1n) is 5.63. The van der Waals surface area contributed by atoms with Gasteiger partial charge in [0.1, 0.15) is 17.1 Å². The number of benzene rings is 1. The molecule has 0 unspecified atom stereocenters. The second-order valence-corrected chi connectivity index (χ2v) is 4.84. The summed E-state index contributed by atoms with van der Waals surface area (Å²) in [5.41, 5.74) is -0.553. The minimum atomic E-state index is -0.680. The van der Waals surface area contributed by atoms with Crippen molar-refractivity contribution < 1.29 is 24.2 Å². The Hall–Kier alpha value is -2.30. The van der Waals surface area contributed by atoms with Crippen molar-refractivity contribution in [1.29, 1.82) is 0 Å². The number of phenols is 1. The molecule has 0 amide bonds. The van der Waals surface area contributed by atoms with Gasteiger partial charge in [-0.15, -0.1) is 0 Å². The van der Waals surface area contributed by atoms with E-state index < -0.39 is 17.5 Å². The summed E-state index contributed by atoms with van der Waals surface area (Å²) in [6, 6.07) is 3.77. The van der Waals surface area contributed by atoms with Crippen molar-refractivity contribution in [3.05, 3.63) is 36.4 Å². The lowest BCUT2D eigenvalue weighted by Crippen LogP contribution is -2.23. The summed E-state index contributed by atoms with van der Waals surface area (Å²) in [4.78, 5) is 22.9. The van der Waals surface area contributed by atoms with Crippen molar-refractivity contribution in [2.75, 3.05) is 0 Å². The molecular formula is C14H16O5. The normalized spacial score (nSPS) is 10.7. The molecule has 1 aromatic carbocycles. The van der Waals surface area contributed by atoms with Crippen molar-refractivity contribution in [2.45, 2.75) is 26.4 Å². The fourth-order valence-corrected chi connectivity index (χ4v) is 1.25. The Bertz CT molecular complexity index is 511. The van der Waals surface area contributed by atoms with E-state index in [2.05, 4.69) is 6.58 Å². The number of phenolic OH excluding ortho intramolecular Hbond substituents is 1. The molecule has 0 heterocycles. The molecule has 5 nitrogen and oxygen atoms in total. The van der Waals surface area contributed by atoms with Gasteiger partial charge >= 0.3 is 11.9 Å². The van der Waals surface area contributed by atoms with E-state index in [1.165, 1.54) is 18.2 Å². The zero-order valence-corrected chi connectivity index (χ0v) is 11.1. The highest BCUT2D eigenvalue weighted by Crippen LogP contribution is 2.23. The summed E-state index contributed by atoms with van der Waals surface area (Å²) in [6.45, 7) is 8.44. The third kappa shape index (κ3) is 4.83. The summed E-state index contributed by atoms with van der Waals surface area (Å²) < 4.78 is 9.99. The minimum Gasteiger partial charge on any atom is -0.508 e. The molecule has 0 fully saturated rings. The van der Waals surface area contributed by atoms with Crippen LogP contribution in [-0.4, -0.2) is 22.6 Å². The number of hydrogen-bond donors (Lipinski definition) is 1. The molecule has 0 saturated heterocycles. The molecular weight excluding hydrogens is 248 g/mol. The van der Waals surface area contributed by atoms with Crippen LogP contribution in [-0.2, 0) is 9.53 Å². The first kappa shape index (κ1) is 14.8. The molecule has 1 rings (SSSR count). The van der Waals surface area contributed by atoms with Crippen LogP contribution in [0, 0.1) is 0 Å². The first-order valence-corrected chi connectivity index (χ1v) is 5.63. The SMILES string of the molecule is C=CC(=O)Oc1cc(O)cc(C(=O)OC(C)(C)C)c1. The Labute approximate surface area is 111 Å². The Morgan fingerprint density at radius 1 is 1.26 bits per heavy atom. The van der Waals surface area contributed by atoms with E-state index in [1.54, 1.807) is 20.8 Å². The quantitative estimate of drug-likeness (QED) is 0.515. The van der Waals surface area contributed by atoms with Gasteiger partial charge in [0.2, 0.25) is 0 Å². The summed E-state index contributed by atoms with van der Waals surface area (Å²) in [6.07, 6.45) is 0.983. The average molecular weight is 264 g/mol. The number of esters is 2. The second-order valence-electron chi connectivity index (χ2n) is 4.84. The molecule has 0 atom stereocenters. The number of aromatic hydroxyl groups is 1. The van der Waals surface area contributed by atoms with Gasteiger partial charge in [0, 0.05) is 12.1 Å². The maximum absolute atomic E-state index is 11.8. The molecule has 0 spiro atoms. The van der Waals surface area contributed by atoms with Crippen LogP contribution in [0.3, 0.4) is 0 Å². The van der Waals surface area contributed by atoms with Crippen molar-refractivity contribution in [2.24, 2.45) is 0 Å². The van der Waals surface area contributed by atoms with Crippen LogP contribution in [0.15, 0.2) is 30.9 Å². The second kappa shape index (κ2) is 5.56. The van der Waals surface area contributed by atoms with E-state index in [9.17, 15) is 14.7 Å². The fraction of sp³-hybridized carbons (Fsp3) is 0.286. The van der Waals surface area contributed by atoms with E-state index in [0.717, 1.165) is 6.08 Å². The smallest absolute Gasteiger partial charge is 0.338 e. The number of carbonyl (C=O) groups excluding carboxylic acids is 2. The lowest BCUT2D eigenvalue weighted by Gasteiger charge is -2.19. The Morgan fingerprint density at radius 3 is 2.42 bits per heavy atom. The van der Waals surface area contributed by atoms with Gasteiger partial charge in [0.15, 0.2) is 0 Å². The highest BCUT2D eigenvalue weighted by atomic mass is 16.6. The number of carbonyl (C=O) groups is 2. The van der Waals surface area contributed by atoms with Crippen molar-refractivity contribution in [3.8, 4) is 11.5 Å². The van der Waals surface area contributed by atoms with Gasteiger partial charge in [-0.1, -0.05) is 6.58 Å². The Balaban J connectivity index is 2.99. The van der Waals surface area contributed by atoms with Gasteiger partial charge in [-0.3, -0.25) is 0 Å². The highest BCUT2D eigenvalue weighted by Gasteiger charge is 2.19. The van der Waals surface area contributed by atoms with Gasteiger partial charge in [0.05, 0.1) is 5.56 Å². The van der Waals surface area contributed by atoms with Crippen molar-refractivity contribution in [3.63, 3.8) is 0 Å². The van der Waals surface area contributed by atoms with Gasteiger partial charge in [-0.25, -0.2) is 9.59 Å². The summed E-state index contributed by atoms with van der Waals surface area (Å²) in [7, 11) is 0. The van der Waals surface area contributed by atoms with Crippen LogP contribution >= 0.6 is 0 Å². The fourth-order valence-electron chi connectivity index (χ4n) is 1.25. The lowest BCUT2D eigenvalue weighted by molar-refractivity contribution is -0.128. The molecule has 0 saturated carbocycles. The van der Waals surface area contributed by atoms with E-state index in [-0.39, 0.29) is 17.1 Å². The van der Waals surface area contributed by atoms with E-state index in [0.29, 0.717) is 0 Å². The zero-order valence-electron chi connectivity index (χ0n) is 11.1. The molecule has 102 valence electrons. The van der Waals surface area contributed by atoms with E-state index >= 15 is 0 Å². The van der Waals surface area contributed by atoms with Gasteiger partial charge in [0.25, 0.3) is 0 Å². The van der Waals surface area contributed by atoms with E-state index in [1.807, 2.05) is 0 Å². The molecule has 0 aromatic heterocycles. The topological polar surface area (TPSA) is 72.8 Å². The molecule has 0 radical (unpaired) electrons. The molecule has 0 bridgehead atoms. The van der Waals surface area contributed by atoms with Crippen molar-refractivity contribution >= 4 is 11.9 Å². The largest absolute Gasteiger partial charge is 0.508 e. The molecule has 0 aliphatic heterocycles. The maximum atomic E-state index is 11.8. The first-order chi connectivity index (χ1) is 8.71. The molecule has 0 aliphatic carbocycles. The third-order valence-electron chi connectivity index (χ3n) is 1.91. The monoisotopic (exact) mass is 264 g/mol. The molecule has 0 aliphatic rings. The minimum absolute atomic E-state index is 0.0470. The van der Waals surface area contributed by atoms with Gasteiger partial charge in [-0.2, -0.15) is 0 Å². The number of rotatable bonds is 3. The highest BCUT2D eigenvalue weighted by molar-refractivity contribution is 5.91. The maximum Gasteiger partial charge on any atom is 0.338 e. The third-order valence-corrected chi connectivity index (χ3v) is 1.91. The molecule has 5 heteroatoms. The van der Waals surface area contributed by atoms with Crippen LogP contribution < -0.4 is 4.74 Å². The Kier molecular flexibility index (Phi) is 4.32. The van der Waals surface area contributed by atoms with Crippen LogP contribution in [0.1, 0.15) is 31.1 Å². The standard InChI is InChI=1S/C14H16O5/c1-5-12(16)18-11-7-9(6-10(15)8-11)13(17)19-14(2,3)4/h5-8,15H,1H2,2-4H3. The summed E-state index contributed by atoms with van der Waals surface area (Å²) >= 11 is 0. The molecule has 1 aromatic rings. The van der Waals surface area contributed by atoms with Gasteiger partial charge in [-0.05, 0) is 32.9 Å². The zero-order chi connectivity index (χ0) is 14.6. The predicted octanol–water partition coefficient (Wildman–Crippen LogP) is 2.44. The average Bonchev–Trinajstić information content (AvgIpc) is 2.25.